The number of primary amides is 1. The van der Waals surface area contributed by atoms with Crippen molar-refractivity contribution < 1.29 is 19.2 Å². The molecular weight excluding hydrogens is 608 g/mol. The Morgan fingerprint density at radius 3 is 2.54 bits per heavy atom. The number of nitrogens with zero attached hydrogens (tertiary/aromatic N) is 5. The van der Waals surface area contributed by atoms with E-state index >= 15 is 0 Å². The second-order valence-electron chi connectivity index (χ2n) is 13.3. The largest absolute Gasteiger partial charge is 0.444 e. The number of carbonyl (C=O) groups is 2. The minimum Gasteiger partial charge on any atom is -0.444 e. The first-order chi connectivity index (χ1) is 23.0. The van der Waals surface area contributed by atoms with Gasteiger partial charge in [-0.25, -0.2) is 14.5 Å². The number of carbonyl (C=O) groups excluding carboxylic acids is 2. The predicted octanol–water partition coefficient (Wildman–Crippen LogP) is 6.15. The number of ether oxygens (including phenoxy) is 1. The highest BCUT2D eigenvalue weighted by Crippen LogP contribution is 2.36. The van der Waals surface area contributed by atoms with Gasteiger partial charge in [-0.05, 0) is 81.5 Å². The first-order valence-electron chi connectivity index (χ1n) is 16.2. The van der Waals surface area contributed by atoms with E-state index in [9.17, 15) is 9.59 Å². The van der Waals surface area contributed by atoms with E-state index in [0.717, 1.165) is 51.6 Å². The van der Waals surface area contributed by atoms with Gasteiger partial charge in [0, 0.05) is 48.2 Å². The van der Waals surface area contributed by atoms with Crippen LogP contribution < -0.4 is 16.4 Å². The van der Waals surface area contributed by atoms with E-state index < -0.39 is 17.6 Å². The molecule has 0 unspecified atom stereocenters. The summed E-state index contributed by atoms with van der Waals surface area (Å²) in [5.41, 5.74) is 11.6. The van der Waals surface area contributed by atoms with Crippen molar-refractivity contribution in [2.75, 3.05) is 25.1 Å². The summed E-state index contributed by atoms with van der Waals surface area (Å²) in [6.07, 6.45) is 4.67. The lowest BCUT2D eigenvalue weighted by Crippen LogP contribution is -2.42. The van der Waals surface area contributed by atoms with Crippen LogP contribution in [0.3, 0.4) is 0 Å². The molecule has 12 heteroatoms. The molecule has 0 atom stereocenters. The van der Waals surface area contributed by atoms with Gasteiger partial charge in [0.25, 0.3) is 5.91 Å². The van der Waals surface area contributed by atoms with Crippen LogP contribution in [0.5, 0.6) is 0 Å². The Hall–Kier alpha value is -5.07. The number of para-hydroxylation sites is 1. The number of nitrogens with one attached hydrogen (secondary N) is 2. The molecule has 1 aliphatic rings. The summed E-state index contributed by atoms with van der Waals surface area (Å²) in [6, 6.07) is 17.8. The second kappa shape index (κ2) is 13.6. The van der Waals surface area contributed by atoms with Crippen molar-refractivity contribution in [3.05, 3.63) is 78.2 Å². The Balaban J connectivity index is 1.24. The number of amides is 2. The molecule has 4 N–H and O–H groups in total. The van der Waals surface area contributed by atoms with Gasteiger partial charge in [0.2, 0.25) is 0 Å². The number of nitrogens with two attached hydrogens (primary N) is 1. The van der Waals surface area contributed by atoms with Gasteiger partial charge in [0.05, 0.1) is 27.8 Å². The van der Waals surface area contributed by atoms with Crippen LogP contribution in [-0.2, 0) is 9.57 Å². The van der Waals surface area contributed by atoms with Crippen LogP contribution in [0, 0.1) is 0 Å². The van der Waals surface area contributed by atoms with Crippen LogP contribution in [0.15, 0.2) is 67.0 Å². The van der Waals surface area contributed by atoms with Crippen molar-refractivity contribution in [1.82, 2.24) is 30.1 Å². The zero-order chi connectivity index (χ0) is 34.0. The number of aromatic nitrogens is 4. The van der Waals surface area contributed by atoms with Crippen molar-refractivity contribution in [3.8, 4) is 16.8 Å². The molecule has 0 radical (unpaired) electrons. The summed E-state index contributed by atoms with van der Waals surface area (Å²) in [4.78, 5) is 39.6. The summed E-state index contributed by atoms with van der Waals surface area (Å²) >= 11 is 0. The van der Waals surface area contributed by atoms with Crippen molar-refractivity contribution in [3.63, 3.8) is 0 Å². The third kappa shape index (κ3) is 7.24. The fraction of sp³-hybridized carbons (Fsp3) is 0.361. The molecule has 5 aromatic rings. The molecular formula is C36H42N8O4. The highest BCUT2D eigenvalue weighted by Gasteiger charge is 2.24. The van der Waals surface area contributed by atoms with E-state index in [1.54, 1.807) is 12.3 Å². The lowest BCUT2D eigenvalue weighted by atomic mass is 9.98. The van der Waals surface area contributed by atoms with Crippen molar-refractivity contribution >= 4 is 39.6 Å². The summed E-state index contributed by atoms with van der Waals surface area (Å²) in [6.45, 7) is 11.0. The standard InChI is InChI=1S/C36H42N8O4/c1-22(2)32-31-27(24-18-23-8-6-7-9-29(23)39-20-24)12-15-38-34(31)44(42-32)26-10-11-28(33(37)45)30(19-26)41-25-13-16-43(17-14-25)47-21-40-35(46)48-36(3,4)5/h6-12,15,18-20,22,25,41H,13-14,16-17,21H2,1-5H3,(H2,37,45)(H,40,46). The van der Waals surface area contributed by atoms with Gasteiger partial charge >= 0.3 is 6.09 Å². The molecule has 0 spiro atoms. The smallest absolute Gasteiger partial charge is 0.409 e. The Morgan fingerprint density at radius 1 is 1.04 bits per heavy atom. The molecule has 1 saturated heterocycles. The van der Waals surface area contributed by atoms with Gasteiger partial charge < -0.3 is 15.8 Å². The molecule has 12 nitrogen and oxygen atoms in total. The van der Waals surface area contributed by atoms with Crippen molar-refractivity contribution in [1.29, 1.82) is 0 Å². The van der Waals surface area contributed by atoms with Crippen LogP contribution >= 0.6 is 0 Å². The minimum atomic E-state index is -0.578. The third-order valence-corrected chi connectivity index (χ3v) is 8.23. The number of fused-ring (bicyclic) bond motifs is 2. The fourth-order valence-corrected chi connectivity index (χ4v) is 5.96. The quantitative estimate of drug-likeness (QED) is 0.160. The molecule has 250 valence electrons. The summed E-state index contributed by atoms with van der Waals surface area (Å²) in [5.74, 6) is -0.394. The number of pyridine rings is 2. The number of hydrogen-bond donors (Lipinski definition) is 3. The normalized spacial score (nSPS) is 14.5. The van der Waals surface area contributed by atoms with Crippen molar-refractivity contribution in [2.24, 2.45) is 5.73 Å². The first kappa shape index (κ1) is 32.9. The Labute approximate surface area is 279 Å². The SMILES string of the molecule is CC(C)c1nn(-c2ccc(C(N)=O)c(NC3CCN(OCNC(=O)OC(C)(C)C)CC3)c2)c2nccc(-c3cnc4ccccc4c3)c12. The van der Waals surface area contributed by atoms with Gasteiger partial charge in [0.15, 0.2) is 5.65 Å². The average molecular weight is 651 g/mol. The molecule has 3 aromatic heterocycles. The Bertz CT molecular complexity index is 1960. The average Bonchev–Trinajstić information content (AvgIpc) is 3.45. The molecule has 1 aliphatic heterocycles. The molecule has 0 aliphatic carbocycles. The minimum absolute atomic E-state index is 0.0181. The number of rotatable bonds is 9. The van der Waals surface area contributed by atoms with Crippen LogP contribution in [0.2, 0.25) is 0 Å². The van der Waals surface area contributed by atoms with E-state index in [-0.39, 0.29) is 18.7 Å². The topological polar surface area (TPSA) is 150 Å². The van der Waals surface area contributed by atoms with E-state index in [1.807, 2.05) is 73.1 Å². The number of hydrogen-bond acceptors (Lipinski definition) is 9. The monoisotopic (exact) mass is 650 g/mol. The van der Waals surface area contributed by atoms with Crippen molar-refractivity contribution in [2.45, 2.75) is 65.0 Å². The van der Waals surface area contributed by atoms with E-state index in [0.29, 0.717) is 30.0 Å². The second-order valence-corrected chi connectivity index (χ2v) is 13.3. The maximum atomic E-state index is 12.5. The molecule has 4 heterocycles. The molecule has 48 heavy (non-hydrogen) atoms. The maximum Gasteiger partial charge on any atom is 0.409 e. The molecule has 0 bridgehead atoms. The Morgan fingerprint density at radius 2 is 1.81 bits per heavy atom. The number of benzene rings is 2. The molecule has 6 rings (SSSR count). The number of anilines is 1. The first-order valence-corrected chi connectivity index (χ1v) is 16.2. The lowest BCUT2D eigenvalue weighted by Gasteiger charge is -2.32. The van der Waals surface area contributed by atoms with Crippen LogP contribution in [0.25, 0.3) is 38.8 Å². The van der Waals surface area contributed by atoms with E-state index in [4.69, 9.17) is 30.4 Å². The predicted molar refractivity (Wildman–Crippen MR) is 186 cm³/mol. The van der Waals surface area contributed by atoms with Crippen LogP contribution in [0.1, 0.15) is 69.4 Å². The summed E-state index contributed by atoms with van der Waals surface area (Å²) < 4.78 is 7.09. The third-order valence-electron chi connectivity index (χ3n) is 8.23. The molecule has 2 aromatic carbocycles. The number of piperidine rings is 1. The Kier molecular flexibility index (Phi) is 9.29. The maximum absolute atomic E-state index is 12.5. The fourth-order valence-electron chi connectivity index (χ4n) is 5.96. The highest BCUT2D eigenvalue weighted by molar-refractivity contribution is 6.00. The van der Waals surface area contributed by atoms with Crippen LogP contribution in [0.4, 0.5) is 10.5 Å². The summed E-state index contributed by atoms with van der Waals surface area (Å²) in [7, 11) is 0. The van der Waals surface area contributed by atoms with Gasteiger partial charge in [-0.1, -0.05) is 32.0 Å². The van der Waals surface area contributed by atoms with E-state index in [1.165, 1.54) is 0 Å². The molecule has 1 fully saturated rings. The summed E-state index contributed by atoms with van der Waals surface area (Å²) in [5, 5.41) is 15.1. The van der Waals surface area contributed by atoms with E-state index in [2.05, 4.69) is 36.6 Å². The number of hydroxylamine groups is 2. The zero-order valence-corrected chi connectivity index (χ0v) is 28.0. The van der Waals surface area contributed by atoms with Gasteiger partial charge in [-0.15, -0.1) is 0 Å². The van der Waals surface area contributed by atoms with Gasteiger partial charge in [-0.3, -0.25) is 19.9 Å². The molecule has 0 saturated carbocycles. The van der Waals surface area contributed by atoms with Gasteiger partial charge in [-0.2, -0.15) is 10.2 Å². The highest BCUT2D eigenvalue weighted by atomic mass is 16.7. The van der Waals surface area contributed by atoms with Gasteiger partial charge in [0.1, 0.15) is 12.3 Å². The van der Waals surface area contributed by atoms with Crippen LogP contribution in [-0.4, -0.2) is 68.3 Å². The lowest BCUT2D eigenvalue weighted by molar-refractivity contribution is -0.173. The number of alkyl carbamates (subject to hydrolysis) is 1. The molecule has 2 amide bonds. The zero-order valence-electron chi connectivity index (χ0n) is 28.0.